The molecule has 4 aromatic rings. The van der Waals surface area contributed by atoms with Gasteiger partial charge in [0.05, 0.1) is 10.4 Å². The fourth-order valence-corrected chi connectivity index (χ4v) is 4.29. The van der Waals surface area contributed by atoms with Gasteiger partial charge in [0, 0.05) is 30.4 Å². The molecule has 1 amide bonds. The number of nitrogens with zero attached hydrogens (tertiary/aromatic N) is 5. The number of fused-ring (bicyclic) bond motifs is 2. The quantitative estimate of drug-likeness (QED) is 0.372. The molecule has 4 N–H and O–H groups in total. The largest absolute Gasteiger partial charge is 0.381 e. The molecular weight excluding hydrogens is 486 g/mol. The Labute approximate surface area is 214 Å². The Bertz CT molecular complexity index is 1350. The molecule has 0 spiro atoms. The summed E-state index contributed by atoms with van der Waals surface area (Å²) in [5, 5.41) is 5.95. The molecule has 0 aliphatic carbocycles. The molecule has 1 aromatic carbocycles. The van der Waals surface area contributed by atoms with Crippen LogP contribution < -0.4 is 17.0 Å². The molecule has 0 fully saturated rings. The van der Waals surface area contributed by atoms with Crippen molar-refractivity contribution in [2.24, 2.45) is 5.73 Å². The summed E-state index contributed by atoms with van der Waals surface area (Å²) in [6, 6.07) is 9.36. The third-order valence-corrected chi connectivity index (χ3v) is 6.07. The highest BCUT2D eigenvalue weighted by Gasteiger charge is 2.15. The fraction of sp³-hybridized carbons (Fsp3) is 0.333. The number of anilines is 1. The Morgan fingerprint density at radius 2 is 1.94 bits per heavy atom. The van der Waals surface area contributed by atoms with E-state index in [9.17, 15) is 9.59 Å². The lowest BCUT2D eigenvalue weighted by Crippen LogP contribution is -2.25. The zero-order valence-corrected chi connectivity index (χ0v) is 22.2. The number of hydrogen-bond acceptors (Lipinski definition) is 7. The molecule has 0 radical (unpaired) electrons. The Balaban J connectivity index is 0.000000248. The van der Waals surface area contributed by atoms with Crippen LogP contribution in [0.2, 0.25) is 5.02 Å². The lowest BCUT2D eigenvalue weighted by molar-refractivity contribution is 0.100. The summed E-state index contributed by atoms with van der Waals surface area (Å²) in [7, 11) is 4.01. The standard InChI is InChI=1S/C15H19ClN2OS.C7H7N5O.C2H6/c1-4-12-10-11-6-5-7-13(16)14(11)15(19)18(12)8-9-20-17(2)3;8-5-4(6(9)13)7-10-2-1-3-12(7)11-5;1-2/h5-7,10H,4,8-9H2,1-3H3;1-3H,(H2,8,11)(H2,9,13);1-2H3. The first kappa shape index (κ1) is 28.2. The van der Waals surface area contributed by atoms with E-state index >= 15 is 0 Å². The molecule has 35 heavy (non-hydrogen) atoms. The lowest BCUT2D eigenvalue weighted by Gasteiger charge is -2.15. The summed E-state index contributed by atoms with van der Waals surface area (Å²) < 4.78 is 5.31. The molecule has 188 valence electrons. The third-order valence-electron chi connectivity index (χ3n) is 4.87. The number of primary amides is 1. The van der Waals surface area contributed by atoms with Crippen LogP contribution in [0.25, 0.3) is 16.4 Å². The molecule has 4 rings (SSSR count). The normalized spacial score (nSPS) is 10.6. The molecule has 3 heterocycles. The van der Waals surface area contributed by atoms with Gasteiger partial charge in [0.1, 0.15) is 5.56 Å². The van der Waals surface area contributed by atoms with Crippen molar-refractivity contribution in [3.8, 4) is 0 Å². The average molecular weight is 518 g/mol. The number of hydrogen-bond donors (Lipinski definition) is 2. The van der Waals surface area contributed by atoms with E-state index in [0.29, 0.717) is 22.6 Å². The number of carbonyl (C=O) groups excluding carboxylic acids is 1. The predicted octanol–water partition coefficient (Wildman–Crippen LogP) is 3.86. The second-order valence-corrected chi connectivity index (χ2v) is 9.11. The topological polar surface area (TPSA) is 125 Å². The number of carbonyl (C=O) groups is 1. The Morgan fingerprint density at radius 1 is 1.23 bits per heavy atom. The molecule has 0 atom stereocenters. The summed E-state index contributed by atoms with van der Waals surface area (Å²) in [4.78, 5) is 27.5. The first-order valence-electron chi connectivity index (χ1n) is 11.2. The van der Waals surface area contributed by atoms with Crippen LogP contribution in [0.3, 0.4) is 0 Å². The first-order chi connectivity index (χ1) is 16.7. The van der Waals surface area contributed by atoms with Crippen LogP contribution in [0.1, 0.15) is 36.8 Å². The van der Waals surface area contributed by atoms with Crippen LogP contribution in [0.5, 0.6) is 0 Å². The smallest absolute Gasteiger partial charge is 0.260 e. The van der Waals surface area contributed by atoms with Gasteiger partial charge in [-0.15, -0.1) is 5.10 Å². The SMILES string of the molecule is CC.CCc1cc2cccc(Cl)c2c(=O)n1CCSN(C)C.NC(=O)c1c(N)nn2cccnc12. The summed E-state index contributed by atoms with van der Waals surface area (Å²) in [6.07, 6.45) is 4.03. The van der Waals surface area contributed by atoms with Crippen molar-refractivity contribution in [2.45, 2.75) is 33.7 Å². The van der Waals surface area contributed by atoms with Crippen LogP contribution in [0, 0.1) is 0 Å². The van der Waals surface area contributed by atoms with Crippen molar-refractivity contribution in [1.82, 2.24) is 23.5 Å². The van der Waals surface area contributed by atoms with Gasteiger partial charge < -0.3 is 16.0 Å². The molecule has 0 saturated carbocycles. The maximum absolute atomic E-state index is 12.7. The van der Waals surface area contributed by atoms with Gasteiger partial charge in [-0.1, -0.05) is 56.5 Å². The van der Waals surface area contributed by atoms with Gasteiger partial charge in [-0.25, -0.2) is 9.50 Å². The number of benzene rings is 1. The van der Waals surface area contributed by atoms with E-state index in [1.54, 1.807) is 36.5 Å². The molecule has 0 unspecified atom stereocenters. The zero-order chi connectivity index (χ0) is 26.1. The van der Waals surface area contributed by atoms with Gasteiger partial charge in [-0.2, -0.15) is 0 Å². The number of rotatable bonds is 6. The number of nitrogens with two attached hydrogens (primary N) is 2. The van der Waals surface area contributed by atoms with Crippen molar-refractivity contribution in [1.29, 1.82) is 0 Å². The monoisotopic (exact) mass is 517 g/mol. The highest BCUT2D eigenvalue weighted by Crippen LogP contribution is 2.21. The molecule has 0 bridgehead atoms. The molecule has 0 aliphatic rings. The second-order valence-electron chi connectivity index (χ2n) is 7.31. The van der Waals surface area contributed by atoms with E-state index in [2.05, 4.69) is 23.1 Å². The molecule has 3 aromatic heterocycles. The second kappa shape index (κ2) is 13.1. The zero-order valence-electron chi connectivity index (χ0n) is 20.7. The van der Waals surface area contributed by atoms with Gasteiger partial charge in [0.25, 0.3) is 11.5 Å². The number of nitrogen functional groups attached to an aromatic ring is 1. The van der Waals surface area contributed by atoms with Gasteiger partial charge in [0.15, 0.2) is 11.5 Å². The predicted molar refractivity (Wildman–Crippen MR) is 146 cm³/mol. The molecule has 0 saturated heterocycles. The van der Waals surface area contributed by atoms with Crippen molar-refractivity contribution in [3.63, 3.8) is 0 Å². The summed E-state index contributed by atoms with van der Waals surface area (Å²) in [5.41, 5.74) is 12.2. The van der Waals surface area contributed by atoms with Gasteiger partial charge in [0.2, 0.25) is 0 Å². The maximum Gasteiger partial charge on any atom is 0.260 e. The molecule has 9 nitrogen and oxygen atoms in total. The van der Waals surface area contributed by atoms with E-state index in [-0.39, 0.29) is 16.9 Å². The Morgan fingerprint density at radius 3 is 2.57 bits per heavy atom. The Hall–Kier alpha value is -3.08. The maximum atomic E-state index is 12.7. The number of pyridine rings is 1. The van der Waals surface area contributed by atoms with Crippen LogP contribution in [-0.2, 0) is 13.0 Å². The number of aryl methyl sites for hydroxylation is 1. The number of aromatic nitrogens is 4. The Kier molecular flexibility index (Phi) is 10.6. The summed E-state index contributed by atoms with van der Waals surface area (Å²) in [6.45, 7) is 6.77. The van der Waals surface area contributed by atoms with Crippen molar-refractivity contribution >= 4 is 51.7 Å². The average Bonchev–Trinajstić information content (AvgIpc) is 3.17. The minimum Gasteiger partial charge on any atom is -0.381 e. The highest BCUT2D eigenvalue weighted by molar-refractivity contribution is 7.96. The van der Waals surface area contributed by atoms with Crippen molar-refractivity contribution in [2.75, 3.05) is 25.6 Å². The fourth-order valence-electron chi connectivity index (χ4n) is 3.40. The van der Waals surface area contributed by atoms with Crippen molar-refractivity contribution < 1.29 is 4.79 Å². The van der Waals surface area contributed by atoms with Crippen LogP contribution in [-0.4, -0.2) is 49.2 Å². The van der Waals surface area contributed by atoms with Crippen LogP contribution in [0.15, 0.2) is 47.5 Å². The molecular formula is C24H32ClN7O2S. The van der Waals surface area contributed by atoms with Crippen LogP contribution in [0.4, 0.5) is 5.82 Å². The van der Waals surface area contributed by atoms with E-state index in [0.717, 1.165) is 23.3 Å². The lowest BCUT2D eigenvalue weighted by atomic mass is 10.1. The van der Waals surface area contributed by atoms with Crippen molar-refractivity contribution in [3.05, 3.63) is 69.4 Å². The molecule has 0 aliphatic heterocycles. The first-order valence-corrected chi connectivity index (χ1v) is 12.6. The van der Waals surface area contributed by atoms with Gasteiger partial charge in [-0.05, 0) is 44.1 Å². The van der Waals surface area contributed by atoms with E-state index in [4.69, 9.17) is 23.1 Å². The van der Waals surface area contributed by atoms with Gasteiger partial charge in [-0.3, -0.25) is 13.9 Å². The minimum absolute atomic E-state index is 0.0179. The van der Waals surface area contributed by atoms with E-state index in [1.165, 1.54) is 4.52 Å². The molecule has 11 heteroatoms. The highest BCUT2D eigenvalue weighted by atomic mass is 35.5. The summed E-state index contributed by atoms with van der Waals surface area (Å²) in [5.74, 6) is 0.355. The number of amides is 1. The summed E-state index contributed by atoms with van der Waals surface area (Å²) >= 11 is 7.89. The van der Waals surface area contributed by atoms with Gasteiger partial charge >= 0.3 is 0 Å². The van der Waals surface area contributed by atoms with Crippen LogP contribution >= 0.6 is 23.5 Å². The minimum atomic E-state index is -0.619. The van der Waals surface area contributed by atoms with E-state index < -0.39 is 5.91 Å². The van der Waals surface area contributed by atoms with E-state index in [1.807, 2.05) is 48.9 Å². The number of halogens is 1. The third kappa shape index (κ3) is 6.74.